The average molecular weight is 1090 g/mol. The van der Waals surface area contributed by atoms with Crippen molar-refractivity contribution in [1.29, 1.82) is 0 Å². The number of hydrogen-bond donors (Lipinski definition) is 0. The van der Waals surface area contributed by atoms with Crippen LogP contribution in [0.5, 0.6) is 0 Å². The first-order valence-corrected chi connectivity index (χ1v) is 32.7. The van der Waals surface area contributed by atoms with Crippen LogP contribution in [0, 0.1) is 0 Å². The molecule has 1 unspecified atom stereocenters. The molecule has 0 aliphatic heterocycles. The van der Waals surface area contributed by atoms with Crippen molar-refractivity contribution in [2.24, 2.45) is 0 Å². The summed E-state index contributed by atoms with van der Waals surface area (Å²) < 4.78 is 16.9. The molecular weight excluding hydrogens is 973 g/mol. The molecule has 0 aromatic heterocycles. The van der Waals surface area contributed by atoms with Crippen LogP contribution in [0.1, 0.15) is 290 Å². The van der Waals surface area contributed by atoms with Gasteiger partial charge in [0.25, 0.3) is 0 Å². The Bertz CT molecular complexity index is 1680. The molecule has 0 amide bonds. The maximum Gasteiger partial charge on any atom is 0.306 e. The zero-order valence-corrected chi connectivity index (χ0v) is 51.3. The highest BCUT2D eigenvalue weighted by molar-refractivity contribution is 5.71. The third-order valence-corrected chi connectivity index (χ3v) is 13.7. The lowest BCUT2D eigenvalue weighted by atomic mass is 10.0. The summed E-state index contributed by atoms with van der Waals surface area (Å²) in [6, 6.07) is 0. The van der Waals surface area contributed by atoms with Crippen LogP contribution in [-0.2, 0) is 28.6 Å². The normalized spacial score (nSPS) is 13.0. The van der Waals surface area contributed by atoms with E-state index in [1.807, 2.05) is 0 Å². The maximum atomic E-state index is 12.9. The highest BCUT2D eigenvalue weighted by Gasteiger charge is 2.19. The van der Waals surface area contributed by atoms with Crippen LogP contribution < -0.4 is 0 Å². The molecule has 0 saturated heterocycles. The Morgan fingerprint density at radius 2 is 0.506 bits per heavy atom. The van der Waals surface area contributed by atoms with E-state index >= 15 is 0 Å². The predicted octanol–water partition coefficient (Wildman–Crippen LogP) is 22.5. The van der Waals surface area contributed by atoms with E-state index < -0.39 is 6.10 Å². The zero-order chi connectivity index (χ0) is 57.1. The van der Waals surface area contributed by atoms with E-state index in [4.69, 9.17) is 14.2 Å². The summed E-state index contributed by atoms with van der Waals surface area (Å²) in [4.78, 5) is 38.4. The van der Waals surface area contributed by atoms with E-state index in [2.05, 4.69) is 154 Å². The smallest absolute Gasteiger partial charge is 0.306 e. The molecule has 79 heavy (non-hydrogen) atoms. The molecule has 0 bridgehead atoms. The van der Waals surface area contributed by atoms with Gasteiger partial charge in [-0.25, -0.2) is 0 Å². The van der Waals surface area contributed by atoms with Crippen molar-refractivity contribution in [3.63, 3.8) is 0 Å². The Kier molecular flexibility index (Phi) is 62.3. The van der Waals surface area contributed by atoms with E-state index in [-0.39, 0.29) is 37.5 Å². The van der Waals surface area contributed by atoms with Crippen molar-refractivity contribution < 1.29 is 28.6 Å². The fourth-order valence-electron chi connectivity index (χ4n) is 8.84. The summed E-state index contributed by atoms with van der Waals surface area (Å²) in [5, 5.41) is 0. The number of hydrogen-bond acceptors (Lipinski definition) is 6. The Morgan fingerprint density at radius 3 is 0.823 bits per heavy atom. The van der Waals surface area contributed by atoms with E-state index in [0.717, 1.165) is 116 Å². The highest BCUT2D eigenvalue weighted by Crippen LogP contribution is 2.16. The highest BCUT2D eigenvalue weighted by atomic mass is 16.6. The second-order valence-corrected chi connectivity index (χ2v) is 21.3. The van der Waals surface area contributed by atoms with Gasteiger partial charge in [0.2, 0.25) is 0 Å². The topological polar surface area (TPSA) is 78.9 Å². The molecule has 0 spiro atoms. The van der Waals surface area contributed by atoms with Gasteiger partial charge in [0.15, 0.2) is 6.10 Å². The summed E-state index contributed by atoms with van der Waals surface area (Å²) in [7, 11) is 0. The van der Waals surface area contributed by atoms with Gasteiger partial charge in [0.05, 0.1) is 0 Å². The molecule has 1 atom stereocenters. The third kappa shape index (κ3) is 64.3. The summed E-state index contributed by atoms with van der Waals surface area (Å²) in [5.74, 6) is -0.959. The summed E-state index contributed by atoms with van der Waals surface area (Å²) in [6.45, 7) is 6.38. The van der Waals surface area contributed by atoms with Gasteiger partial charge in [-0.3, -0.25) is 14.4 Å². The first-order valence-electron chi connectivity index (χ1n) is 32.7. The van der Waals surface area contributed by atoms with Gasteiger partial charge in [-0.05, 0) is 109 Å². The van der Waals surface area contributed by atoms with Crippen LogP contribution >= 0.6 is 0 Å². The number of ether oxygens (including phenoxy) is 3. The lowest BCUT2D eigenvalue weighted by molar-refractivity contribution is -0.167. The molecule has 0 N–H and O–H groups in total. The zero-order valence-electron chi connectivity index (χ0n) is 51.3. The molecule has 0 aliphatic rings. The van der Waals surface area contributed by atoms with Crippen molar-refractivity contribution >= 4 is 17.9 Å². The van der Waals surface area contributed by atoms with Gasteiger partial charge in [-0.1, -0.05) is 296 Å². The fraction of sp³-hybridized carbons (Fsp3) is 0.658. The molecule has 0 radical (unpaired) electrons. The average Bonchev–Trinajstić information content (AvgIpc) is 3.45. The number of esters is 3. The minimum atomic E-state index is -0.809. The Morgan fingerprint density at radius 1 is 0.266 bits per heavy atom. The quantitative estimate of drug-likeness (QED) is 0.0261. The number of rotatable bonds is 58. The van der Waals surface area contributed by atoms with Gasteiger partial charge in [-0.15, -0.1) is 0 Å². The van der Waals surface area contributed by atoms with E-state index in [1.54, 1.807) is 0 Å². The standard InChI is InChI=1S/C73H120O6/c1-4-7-10-13-16-19-22-25-28-30-32-34-36-38-40-42-45-48-51-54-57-60-63-66-72(75)78-69-70(68-77-71(74)65-62-59-56-53-50-47-44-27-24-21-18-15-12-9-6-3)79-73(76)67-64-61-58-55-52-49-46-43-41-39-37-35-33-31-29-26-23-20-17-14-11-8-5-2/h7-8,10-11,16-17,19-20,25-26,28-29,32-35,38,40,45,48,54,57,70H,4-6,9,12-15,18,21-24,27,30-31,36-37,39,41-44,46-47,49-53,55-56,58-69H2,1-3H3/b10-7-,11-8-,19-16-,20-17-,28-25-,29-26-,34-32-,35-33-,40-38-,48-45-,57-54-. The Labute approximate surface area is 487 Å². The van der Waals surface area contributed by atoms with E-state index in [0.29, 0.717) is 19.3 Å². The SMILES string of the molecule is CC/C=C\C/C=C\C/C=C\C/C=C\C/C=C\C/C=C\C/C=C\CCCC(=O)OCC(COC(=O)CCCCCCCCCCCCCCCCC)OC(=O)CCCCCCCCCCCC/C=C\C/C=C\C/C=C\C/C=C\CC. The van der Waals surface area contributed by atoms with Crippen LogP contribution in [0.3, 0.4) is 0 Å². The van der Waals surface area contributed by atoms with E-state index in [1.165, 1.54) is 128 Å². The summed E-state index contributed by atoms with van der Waals surface area (Å²) in [6.07, 6.45) is 93.2. The second-order valence-electron chi connectivity index (χ2n) is 21.3. The number of unbranched alkanes of at least 4 members (excludes halogenated alkanes) is 25. The van der Waals surface area contributed by atoms with E-state index in [9.17, 15) is 14.4 Å². The first kappa shape index (κ1) is 74.5. The molecule has 0 aromatic carbocycles. The molecular formula is C73H120O6. The van der Waals surface area contributed by atoms with Gasteiger partial charge >= 0.3 is 17.9 Å². The summed E-state index contributed by atoms with van der Waals surface area (Å²) >= 11 is 0. The van der Waals surface area contributed by atoms with Gasteiger partial charge in [0, 0.05) is 19.3 Å². The predicted molar refractivity (Wildman–Crippen MR) is 343 cm³/mol. The van der Waals surface area contributed by atoms with Gasteiger partial charge in [0.1, 0.15) is 13.2 Å². The second kappa shape index (κ2) is 66.1. The molecule has 0 heterocycles. The Hall–Kier alpha value is -4.45. The van der Waals surface area contributed by atoms with Crippen LogP contribution in [0.4, 0.5) is 0 Å². The molecule has 0 rings (SSSR count). The van der Waals surface area contributed by atoms with Crippen LogP contribution in [0.25, 0.3) is 0 Å². The monoisotopic (exact) mass is 1090 g/mol. The Balaban J connectivity index is 4.47. The fourth-order valence-corrected chi connectivity index (χ4v) is 8.84. The number of allylic oxidation sites excluding steroid dienone is 22. The van der Waals surface area contributed by atoms with Crippen molar-refractivity contribution in [2.75, 3.05) is 13.2 Å². The van der Waals surface area contributed by atoms with Crippen molar-refractivity contribution in [3.05, 3.63) is 134 Å². The molecule has 0 aliphatic carbocycles. The molecule has 6 heteroatoms. The third-order valence-electron chi connectivity index (χ3n) is 13.7. The summed E-state index contributed by atoms with van der Waals surface area (Å²) in [5.41, 5.74) is 0. The largest absolute Gasteiger partial charge is 0.462 e. The molecule has 6 nitrogen and oxygen atoms in total. The molecule has 448 valence electrons. The van der Waals surface area contributed by atoms with Crippen molar-refractivity contribution in [3.8, 4) is 0 Å². The van der Waals surface area contributed by atoms with Gasteiger partial charge < -0.3 is 14.2 Å². The minimum Gasteiger partial charge on any atom is -0.462 e. The van der Waals surface area contributed by atoms with Crippen LogP contribution in [0.15, 0.2) is 134 Å². The first-order chi connectivity index (χ1) is 39.0. The van der Waals surface area contributed by atoms with Crippen molar-refractivity contribution in [1.82, 2.24) is 0 Å². The van der Waals surface area contributed by atoms with Crippen LogP contribution in [-0.4, -0.2) is 37.2 Å². The number of carbonyl (C=O) groups excluding carboxylic acids is 3. The number of carbonyl (C=O) groups is 3. The van der Waals surface area contributed by atoms with Crippen LogP contribution in [0.2, 0.25) is 0 Å². The maximum absolute atomic E-state index is 12.9. The van der Waals surface area contributed by atoms with Gasteiger partial charge in [-0.2, -0.15) is 0 Å². The lowest BCUT2D eigenvalue weighted by Gasteiger charge is -2.18. The minimum absolute atomic E-state index is 0.0988. The van der Waals surface area contributed by atoms with Crippen molar-refractivity contribution in [2.45, 2.75) is 297 Å². The molecule has 0 fully saturated rings. The molecule has 0 saturated carbocycles. The lowest BCUT2D eigenvalue weighted by Crippen LogP contribution is -2.30. The molecule has 0 aromatic rings.